The van der Waals surface area contributed by atoms with E-state index in [1.54, 1.807) is 0 Å². The second-order valence-corrected chi connectivity index (χ2v) is 11.4. The summed E-state index contributed by atoms with van der Waals surface area (Å²) in [4.78, 5) is 0. The minimum Gasteiger partial charge on any atom is -0.317 e. The number of nitrogens with zero attached hydrogens (tertiary/aromatic N) is 2. The maximum Gasteiger partial charge on any atom is 0.152 e. The van der Waals surface area contributed by atoms with Gasteiger partial charge in [-0.05, 0) is 18.9 Å². The fourth-order valence-electron chi connectivity index (χ4n) is 1.78. The predicted molar refractivity (Wildman–Crippen MR) is 70.0 cm³/mol. The Bertz CT molecular complexity index is 251. The first-order valence-electron chi connectivity index (χ1n) is 5.90. The summed E-state index contributed by atoms with van der Waals surface area (Å²) >= 11 is 0. The molecule has 0 aliphatic carbocycles. The van der Waals surface area contributed by atoms with Crippen molar-refractivity contribution in [1.29, 1.82) is 0 Å². The van der Waals surface area contributed by atoms with Gasteiger partial charge in [0.2, 0.25) is 0 Å². The van der Waals surface area contributed by atoms with Crippen LogP contribution in [0.1, 0.15) is 34.6 Å². The van der Waals surface area contributed by atoms with Gasteiger partial charge < -0.3 is 5.01 Å². The predicted octanol–water partition coefficient (Wildman–Crippen LogP) is 3.45. The summed E-state index contributed by atoms with van der Waals surface area (Å²) in [6.45, 7) is 17.7. The lowest BCUT2D eigenvalue weighted by Crippen LogP contribution is -2.60. The van der Waals surface area contributed by atoms with E-state index < -0.39 is 8.24 Å². The third-order valence-corrected chi connectivity index (χ3v) is 9.20. The molecule has 0 spiro atoms. The average molecular weight is 226 g/mol. The molecule has 88 valence electrons. The first-order valence-corrected chi connectivity index (χ1v) is 8.85. The Kier molecular flexibility index (Phi) is 3.36. The number of rotatable bonds is 2. The molecule has 0 saturated carbocycles. The normalized spacial score (nSPS) is 19.3. The highest BCUT2D eigenvalue weighted by Gasteiger charge is 2.44. The van der Waals surface area contributed by atoms with Gasteiger partial charge in [0.15, 0.2) is 8.24 Å². The van der Waals surface area contributed by atoms with Gasteiger partial charge in [-0.3, -0.25) is 0 Å². The molecule has 0 saturated heterocycles. The smallest absolute Gasteiger partial charge is 0.152 e. The van der Waals surface area contributed by atoms with Crippen LogP contribution in [0.4, 0.5) is 0 Å². The lowest BCUT2D eigenvalue weighted by molar-refractivity contribution is 0.0977. The Hall–Kier alpha value is -0.283. The molecule has 0 aromatic heterocycles. The SMILES string of the molecule is CC(C)N1C=CCN1[Si](C)(C)C(C)(C)C. The zero-order valence-electron chi connectivity index (χ0n) is 11.3. The van der Waals surface area contributed by atoms with Crippen LogP contribution < -0.4 is 0 Å². The van der Waals surface area contributed by atoms with E-state index in [-0.39, 0.29) is 0 Å². The monoisotopic (exact) mass is 226 g/mol. The first-order chi connectivity index (χ1) is 6.68. The van der Waals surface area contributed by atoms with Crippen LogP contribution in [0.25, 0.3) is 0 Å². The van der Waals surface area contributed by atoms with Crippen LogP contribution in [0.3, 0.4) is 0 Å². The van der Waals surface area contributed by atoms with E-state index in [2.05, 4.69) is 69.7 Å². The van der Waals surface area contributed by atoms with Crippen LogP contribution >= 0.6 is 0 Å². The Labute approximate surface area is 96.0 Å². The highest BCUT2D eigenvalue weighted by molar-refractivity contribution is 6.77. The molecule has 1 aliphatic heterocycles. The Morgan fingerprint density at radius 3 is 2.13 bits per heavy atom. The third-order valence-electron chi connectivity index (χ3n) is 3.83. The lowest BCUT2D eigenvalue weighted by atomic mass is 10.2. The summed E-state index contributed by atoms with van der Waals surface area (Å²) in [5.41, 5.74) is 0. The zero-order valence-corrected chi connectivity index (χ0v) is 12.3. The van der Waals surface area contributed by atoms with E-state index in [1.165, 1.54) is 0 Å². The van der Waals surface area contributed by atoms with Crippen LogP contribution in [0.15, 0.2) is 12.3 Å². The summed E-state index contributed by atoms with van der Waals surface area (Å²) in [6.07, 6.45) is 4.52. The summed E-state index contributed by atoms with van der Waals surface area (Å²) in [6, 6.07) is 0.567. The third kappa shape index (κ3) is 2.28. The van der Waals surface area contributed by atoms with Gasteiger partial charge in [0.25, 0.3) is 0 Å². The minimum absolute atomic E-state index is 0.409. The van der Waals surface area contributed by atoms with Gasteiger partial charge in [-0.15, -0.1) is 0 Å². The van der Waals surface area contributed by atoms with Crippen LogP contribution in [-0.4, -0.2) is 30.5 Å². The van der Waals surface area contributed by atoms with Crippen molar-refractivity contribution < 1.29 is 0 Å². The molecule has 0 atom stereocenters. The Morgan fingerprint density at radius 1 is 1.20 bits per heavy atom. The summed E-state index contributed by atoms with van der Waals surface area (Å²) in [5, 5.41) is 2.82. The first kappa shape index (κ1) is 12.8. The summed E-state index contributed by atoms with van der Waals surface area (Å²) in [5.74, 6) is 0. The lowest BCUT2D eigenvalue weighted by Gasteiger charge is -2.49. The van der Waals surface area contributed by atoms with Gasteiger partial charge in [-0.2, -0.15) is 0 Å². The van der Waals surface area contributed by atoms with Crippen molar-refractivity contribution >= 4 is 8.24 Å². The fraction of sp³-hybridized carbons (Fsp3) is 0.833. The van der Waals surface area contributed by atoms with Gasteiger partial charge in [-0.25, -0.2) is 4.67 Å². The van der Waals surface area contributed by atoms with E-state index in [1.807, 2.05) is 0 Å². The molecular formula is C12H26N2Si. The van der Waals surface area contributed by atoms with Crippen LogP contribution in [0.2, 0.25) is 18.1 Å². The second kappa shape index (κ2) is 3.94. The molecule has 1 rings (SSSR count). The van der Waals surface area contributed by atoms with Crippen molar-refractivity contribution in [3.63, 3.8) is 0 Å². The summed E-state index contributed by atoms with van der Waals surface area (Å²) < 4.78 is 2.61. The molecule has 0 fully saturated rings. The van der Waals surface area contributed by atoms with Crippen molar-refractivity contribution in [3.8, 4) is 0 Å². The van der Waals surface area contributed by atoms with Crippen molar-refractivity contribution in [1.82, 2.24) is 9.68 Å². The molecule has 0 amide bonds. The van der Waals surface area contributed by atoms with Crippen molar-refractivity contribution in [3.05, 3.63) is 12.3 Å². The molecule has 0 radical (unpaired) electrons. The van der Waals surface area contributed by atoms with E-state index in [0.717, 1.165) is 6.54 Å². The zero-order chi connectivity index (χ0) is 11.9. The van der Waals surface area contributed by atoms with Crippen LogP contribution in [0, 0.1) is 0 Å². The van der Waals surface area contributed by atoms with Crippen molar-refractivity contribution in [2.24, 2.45) is 0 Å². The van der Waals surface area contributed by atoms with E-state index in [4.69, 9.17) is 0 Å². The quantitative estimate of drug-likeness (QED) is 0.666. The van der Waals surface area contributed by atoms with E-state index in [0.29, 0.717) is 11.1 Å². The van der Waals surface area contributed by atoms with Gasteiger partial charge in [0.1, 0.15) is 0 Å². The van der Waals surface area contributed by atoms with Crippen LogP contribution in [0.5, 0.6) is 0 Å². The number of hydrogen-bond donors (Lipinski definition) is 0. The second-order valence-electron chi connectivity index (χ2n) is 6.25. The summed E-state index contributed by atoms with van der Waals surface area (Å²) in [7, 11) is -1.40. The van der Waals surface area contributed by atoms with Gasteiger partial charge in [-0.1, -0.05) is 39.9 Å². The number of hydrogen-bond acceptors (Lipinski definition) is 2. The molecule has 0 aromatic carbocycles. The minimum atomic E-state index is -1.40. The van der Waals surface area contributed by atoms with Gasteiger partial charge in [0, 0.05) is 18.8 Å². The Balaban J connectivity index is 2.89. The van der Waals surface area contributed by atoms with E-state index in [9.17, 15) is 0 Å². The maximum absolute atomic E-state index is 2.61. The van der Waals surface area contributed by atoms with Crippen LogP contribution in [-0.2, 0) is 0 Å². The largest absolute Gasteiger partial charge is 0.317 e. The average Bonchev–Trinajstić information content (AvgIpc) is 2.48. The van der Waals surface area contributed by atoms with Gasteiger partial charge in [0.05, 0.1) is 0 Å². The standard InChI is InChI=1S/C12H26N2Si/c1-11(2)13-9-8-10-14(13)15(6,7)12(3,4)5/h8-9,11H,10H2,1-7H3. The van der Waals surface area contributed by atoms with Gasteiger partial charge >= 0.3 is 0 Å². The highest BCUT2D eigenvalue weighted by Crippen LogP contribution is 2.40. The molecule has 1 aliphatic rings. The molecule has 1 heterocycles. The topological polar surface area (TPSA) is 6.48 Å². The molecule has 15 heavy (non-hydrogen) atoms. The maximum atomic E-state index is 2.61. The molecule has 2 nitrogen and oxygen atoms in total. The highest BCUT2D eigenvalue weighted by atomic mass is 28.3. The Morgan fingerprint density at radius 2 is 1.73 bits per heavy atom. The van der Waals surface area contributed by atoms with Crippen molar-refractivity contribution in [2.45, 2.75) is 58.8 Å². The molecule has 0 aromatic rings. The molecule has 0 bridgehead atoms. The number of hydrazine groups is 1. The van der Waals surface area contributed by atoms with Crippen molar-refractivity contribution in [2.75, 3.05) is 6.54 Å². The molecule has 0 unspecified atom stereocenters. The van der Waals surface area contributed by atoms with E-state index >= 15 is 0 Å². The molecule has 3 heteroatoms. The molecule has 0 N–H and O–H groups in total. The molecular weight excluding hydrogens is 200 g/mol. The fourth-order valence-corrected chi connectivity index (χ4v) is 4.00.